The summed E-state index contributed by atoms with van der Waals surface area (Å²) in [6.07, 6.45) is 6.81. The molecule has 0 radical (unpaired) electrons. The highest BCUT2D eigenvalue weighted by molar-refractivity contribution is 6.02. The Morgan fingerprint density at radius 1 is 0.939 bits per heavy atom. The Balaban J connectivity index is 1.50. The summed E-state index contributed by atoms with van der Waals surface area (Å²) < 4.78 is 23.4. The molecule has 0 amide bonds. The van der Waals surface area contributed by atoms with Crippen molar-refractivity contribution < 1.29 is 28.5 Å². The van der Waals surface area contributed by atoms with Gasteiger partial charge >= 0.3 is 5.97 Å². The van der Waals surface area contributed by atoms with E-state index in [2.05, 4.69) is 0 Å². The standard InChI is InChI=1S/C27H30O6/c1-30-23-13-11-21(18-8-4-9-20-19(18)10-12-22(20)28)24(25(23)31-2)32-16-27(14-5-15-27)26(29)33-17-6-3-7-17/h4,8-9,11,13,17H,3,5-7,10,12,14-16H2,1-2H3. The number of Topliss-reactive ketones (excluding diaryl/α,β-unsaturated/α-hetero) is 1. The molecule has 0 unspecified atom stereocenters. The van der Waals surface area contributed by atoms with E-state index in [0.29, 0.717) is 30.1 Å². The Bertz CT molecular complexity index is 1080. The number of esters is 1. The van der Waals surface area contributed by atoms with Crippen LogP contribution in [0, 0.1) is 5.41 Å². The molecule has 0 heterocycles. The topological polar surface area (TPSA) is 71.1 Å². The van der Waals surface area contributed by atoms with Gasteiger partial charge in [0.25, 0.3) is 0 Å². The van der Waals surface area contributed by atoms with Crippen molar-refractivity contribution >= 4 is 11.8 Å². The molecule has 0 atom stereocenters. The number of hydrogen-bond acceptors (Lipinski definition) is 6. The zero-order valence-electron chi connectivity index (χ0n) is 19.3. The van der Waals surface area contributed by atoms with Crippen LogP contribution in [0.1, 0.15) is 60.9 Å². The fraction of sp³-hybridized carbons (Fsp3) is 0.481. The van der Waals surface area contributed by atoms with Gasteiger partial charge in [0, 0.05) is 17.5 Å². The number of ketones is 1. The number of benzene rings is 2. The number of hydrogen-bond donors (Lipinski definition) is 0. The normalized spacial score (nSPS) is 18.7. The fourth-order valence-electron chi connectivity index (χ4n) is 4.98. The van der Waals surface area contributed by atoms with Crippen molar-refractivity contribution in [2.75, 3.05) is 20.8 Å². The number of rotatable bonds is 8. The molecule has 0 N–H and O–H groups in total. The molecule has 2 saturated carbocycles. The van der Waals surface area contributed by atoms with Gasteiger partial charge in [-0.15, -0.1) is 0 Å². The van der Waals surface area contributed by atoms with Gasteiger partial charge in [-0.1, -0.05) is 24.6 Å². The van der Waals surface area contributed by atoms with Gasteiger partial charge in [0.1, 0.15) is 18.1 Å². The Kier molecular flexibility index (Phi) is 5.77. The SMILES string of the molecule is COc1ccc(-c2cccc3c2CCC3=O)c(OCC2(C(=O)OC3CCC3)CCC2)c1OC. The first-order chi connectivity index (χ1) is 16.1. The molecule has 0 saturated heterocycles. The summed E-state index contributed by atoms with van der Waals surface area (Å²) in [6.45, 7) is 0.225. The number of fused-ring (bicyclic) bond motifs is 1. The maximum absolute atomic E-state index is 13.0. The highest BCUT2D eigenvalue weighted by Gasteiger charge is 2.48. The third kappa shape index (κ3) is 3.75. The molecule has 0 bridgehead atoms. The first-order valence-electron chi connectivity index (χ1n) is 11.8. The fourth-order valence-corrected chi connectivity index (χ4v) is 4.98. The molecule has 6 nitrogen and oxygen atoms in total. The van der Waals surface area contributed by atoms with Crippen molar-refractivity contribution in [2.45, 2.75) is 57.5 Å². The molecule has 0 spiro atoms. The van der Waals surface area contributed by atoms with E-state index in [1.807, 2.05) is 30.3 Å². The molecule has 3 aliphatic rings. The first-order valence-corrected chi connectivity index (χ1v) is 11.8. The van der Waals surface area contributed by atoms with E-state index >= 15 is 0 Å². The Hall–Kier alpha value is -3.02. The van der Waals surface area contributed by atoms with Crippen molar-refractivity contribution in [3.05, 3.63) is 41.5 Å². The number of methoxy groups -OCH3 is 2. The van der Waals surface area contributed by atoms with Gasteiger partial charge in [0.15, 0.2) is 17.3 Å². The van der Waals surface area contributed by atoms with Gasteiger partial charge in [0.05, 0.1) is 14.2 Å². The van der Waals surface area contributed by atoms with Crippen LogP contribution in [0.2, 0.25) is 0 Å². The smallest absolute Gasteiger partial charge is 0.315 e. The summed E-state index contributed by atoms with van der Waals surface area (Å²) in [4.78, 5) is 25.3. The van der Waals surface area contributed by atoms with E-state index in [9.17, 15) is 9.59 Å². The lowest BCUT2D eigenvalue weighted by atomic mass is 9.69. The molecular formula is C27H30O6. The summed E-state index contributed by atoms with van der Waals surface area (Å²) in [5.41, 5.74) is 2.97. The summed E-state index contributed by atoms with van der Waals surface area (Å²) in [7, 11) is 3.17. The van der Waals surface area contributed by atoms with Crippen LogP contribution in [0.25, 0.3) is 11.1 Å². The highest BCUT2D eigenvalue weighted by atomic mass is 16.6. The first kappa shape index (κ1) is 21.8. The van der Waals surface area contributed by atoms with E-state index in [4.69, 9.17) is 18.9 Å². The van der Waals surface area contributed by atoms with E-state index in [1.54, 1.807) is 14.2 Å². The van der Waals surface area contributed by atoms with Crippen molar-refractivity contribution in [3.8, 4) is 28.4 Å². The van der Waals surface area contributed by atoms with E-state index in [1.165, 1.54) is 0 Å². The van der Waals surface area contributed by atoms with E-state index in [-0.39, 0.29) is 24.5 Å². The quantitative estimate of drug-likeness (QED) is 0.519. The maximum Gasteiger partial charge on any atom is 0.315 e. The predicted octanol–water partition coefficient (Wildman–Crippen LogP) is 5.14. The molecule has 2 aromatic rings. The Labute approximate surface area is 194 Å². The van der Waals surface area contributed by atoms with Gasteiger partial charge in [0.2, 0.25) is 5.75 Å². The van der Waals surface area contributed by atoms with Crippen LogP contribution in [0.4, 0.5) is 0 Å². The summed E-state index contributed by atoms with van der Waals surface area (Å²) in [6, 6.07) is 9.59. The minimum atomic E-state index is -0.616. The van der Waals surface area contributed by atoms with E-state index in [0.717, 1.165) is 60.8 Å². The molecule has 5 rings (SSSR count). The van der Waals surface area contributed by atoms with Crippen LogP contribution >= 0.6 is 0 Å². The second kappa shape index (κ2) is 8.73. The third-order valence-corrected chi connectivity index (χ3v) is 7.43. The lowest BCUT2D eigenvalue weighted by Gasteiger charge is -2.41. The van der Waals surface area contributed by atoms with Crippen molar-refractivity contribution in [3.63, 3.8) is 0 Å². The molecule has 174 valence electrons. The minimum Gasteiger partial charge on any atom is -0.493 e. The van der Waals surface area contributed by atoms with Crippen LogP contribution in [0.15, 0.2) is 30.3 Å². The molecule has 33 heavy (non-hydrogen) atoms. The summed E-state index contributed by atoms with van der Waals surface area (Å²) >= 11 is 0. The zero-order chi connectivity index (χ0) is 23.0. The van der Waals surface area contributed by atoms with Gasteiger partial charge in [-0.2, -0.15) is 0 Å². The van der Waals surface area contributed by atoms with Gasteiger partial charge < -0.3 is 18.9 Å². The lowest BCUT2D eigenvalue weighted by Crippen LogP contribution is -2.46. The number of carbonyl (C=O) groups is 2. The Morgan fingerprint density at radius 2 is 1.73 bits per heavy atom. The largest absolute Gasteiger partial charge is 0.493 e. The number of carbonyl (C=O) groups excluding carboxylic acids is 2. The van der Waals surface area contributed by atoms with Crippen LogP contribution < -0.4 is 14.2 Å². The lowest BCUT2D eigenvalue weighted by molar-refractivity contribution is -0.174. The van der Waals surface area contributed by atoms with Gasteiger partial charge in [-0.05, 0) is 61.8 Å². The monoisotopic (exact) mass is 450 g/mol. The molecule has 3 aliphatic carbocycles. The molecule has 2 fully saturated rings. The molecule has 0 aliphatic heterocycles. The molecular weight excluding hydrogens is 420 g/mol. The molecule has 6 heteroatoms. The third-order valence-electron chi connectivity index (χ3n) is 7.43. The molecule has 0 aromatic heterocycles. The van der Waals surface area contributed by atoms with Crippen molar-refractivity contribution in [1.82, 2.24) is 0 Å². The van der Waals surface area contributed by atoms with E-state index < -0.39 is 5.41 Å². The predicted molar refractivity (Wildman–Crippen MR) is 123 cm³/mol. The Morgan fingerprint density at radius 3 is 2.36 bits per heavy atom. The second-order valence-electron chi connectivity index (χ2n) is 9.31. The van der Waals surface area contributed by atoms with Crippen LogP contribution in [0.5, 0.6) is 17.2 Å². The van der Waals surface area contributed by atoms with Crippen LogP contribution in [-0.4, -0.2) is 38.7 Å². The number of ether oxygens (including phenoxy) is 4. The average Bonchev–Trinajstić information content (AvgIpc) is 3.16. The summed E-state index contributed by atoms with van der Waals surface area (Å²) in [5.74, 6) is 1.60. The zero-order valence-corrected chi connectivity index (χ0v) is 19.3. The molecule has 2 aromatic carbocycles. The van der Waals surface area contributed by atoms with Crippen molar-refractivity contribution in [1.29, 1.82) is 0 Å². The van der Waals surface area contributed by atoms with Crippen LogP contribution in [-0.2, 0) is 16.0 Å². The maximum atomic E-state index is 13.0. The highest BCUT2D eigenvalue weighted by Crippen LogP contribution is 2.49. The van der Waals surface area contributed by atoms with Gasteiger partial charge in [-0.25, -0.2) is 0 Å². The van der Waals surface area contributed by atoms with Gasteiger partial charge in [-0.3, -0.25) is 9.59 Å². The average molecular weight is 451 g/mol. The summed E-state index contributed by atoms with van der Waals surface area (Å²) in [5, 5.41) is 0. The van der Waals surface area contributed by atoms with Crippen molar-refractivity contribution in [2.24, 2.45) is 5.41 Å². The second-order valence-corrected chi connectivity index (χ2v) is 9.31. The minimum absolute atomic E-state index is 0.0568. The van der Waals surface area contributed by atoms with Crippen LogP contribution in [0.3, 0.4) is 0 Å².